The summed E-state index contributed by atoms with van der Waals surface area (Å²) in [6, 6.07) is 6.79. The number of carbonyl (C=O) groups excluding carboxylic acids is 2. The summed E-state index contributed by atoms with van der Waals surface area (Å²) < 4.78 is 6.46. The van der Waals surface area contributed by atoms with E-state index in [9.17, 15) is 14.4 Å². The number of pyridine rings is 1. The highest BCUT2D eigenvalue weighted by molar-refractivity contribution is 6.11. The van der Waals surface area contributed by atoms with Crippen LogP contribution in [0.25, 0.3) is 10.9 Å². The van der Waals surface area contributed by atoms with E-state index in [0.29, 0.717) is 10.9 Å². The molecule has 0 bridgehead atoms. The topological polar surface area (TPSA) is 120 Å². The number of aryl methyl sites for hydroxylation is 1. The number of aromatic amines is 1. The molecule has 23 heavy (non-hydrogen) atoms. The van der Waals surface area contributed by atoms with Crippen molar-refractivity contribution in [2.75, 3.05) is 0 Å². The number of carbonyl (C=O) groups is 2. The zero-order valence-corrected chi connectivity index (χ0v) is 12.2. The average molecular weight is 313 g/mol. The van der Waals surface area contributed by atoms with Crippen LogP contribution in [0.15, 0.2) is 29.1 Å². The highest BCUT2D eigenvalue weighted by Gasteiger charge is 2.26. The lowest BCUT2D eigenvalue weighted by molar-refractivity contribution is -0.131. The maximum atomic E-state index is 12.6. The van der Waals surface area contributed by atoms with Gasteiger partial charge in [0.15, 0.2) is 5.75 Å². The van der Waals surface area contributed by atoms with E-state index in [1.54, 1.807) is 24.3 Å². The SMILES string of the molecule is CC(=O)Oc1c(C(=O)c2nnn[nH]2)c(=O)n(C)c2ccccc12. The van der Waals surface area contributed by atoms with Crippen LogP contribution in [-0.2, 0) is 11.8 Å². The van der Waals surface area contributed by atoms with Gasteiger partial charge in [0.1, 0.15) is 5.56 Å². The summed E-state index contributed by atoms with van der Waals surface area (Å²) in [6.07, 6.45) is 0. The van der Waals surface area contributed by atoms with Gasteiger partial charge < -0.3 is 9.30 Å². The Hall–Kier alpha value is -3.36. The summed E-state index contributed by atoms with van der Waals surface area (Å²) in [5.74, 6) is -1.71. The fraction of sp³-hybridized carbons (Fsp3) is 0.143. The van der Waals surface area contributed by atoms with Gasteiger partial charge in [0.25, 0.3) is 5.56 Å². The van der Waals surface area contributed by atoms with Crippen LogP contribution in [0.4, 0.5) is 0 Å². The summed E-state index contributed by atoms with van der Waals surface area (Å²) in [7, 11) is 1.53. The Morgan fingerprint density at radius 1 is 1.26 bits per heavy atom. The number of nitrogens with one attached hydrogen (secondary N) is 1. The zero-order valence-electron chi connectivity index (χ0n) is 12.2. The Kier molecular flexibility index (Phi) is 3.45. The molecule has 0 aliphatic carbocycles. The Morgan fingerprint density at radius 3 is 2.65 bits per heavy atom. The Morgan fingerprint density at radius 2 is 2.00 bits per heavy atom. The molecule has 2 heterocycles. The smallest absolute Gasteiger partial charge is 0.308 e. The van der Waals surface area contributed by atoms with Crippen molar-refractivity contribution < 1.29 is 14.3 Å². The lowest BCUT2D eigenvalue weighted by Gasteiger charge is -2.13. The van der Waals surface area contributed by atoms with E-state index >= 15 is 0 Å². The number of nitrogens with zero attached hydrogens (tertiary/aromatic N) is 4. The molecule has 0 atom stereocenters. The minimum atomic E-state index is -0.752. The number of aromatic nitrogens is 5. The minimum absolute atomic E-state index is 0.0994. The van der Waals surface area contributed by atoms with Gasteiger partial charge in [-0.05, 0) is 22.6 Å². The molecule has 0 radical (unpaired) electrons. The van der Waals surface area contributed by atoms with E-state index in [-0.39, 0.29) is 17.1 Å². The van der Waals surface area contributed by atoms with E-state index in [1.807, 2.05) is 0 Å². The monoisotopic (exact) mass is 313 g/mol. The minimum Gasteiger partial charge on any atom is -0.425 e. The van der Waals surface area contributed by atoms with Crippen molar-refractivity contribution in [3.8, 4) is 5.75 Å². The molecule has 3 rings (SSSR count). The number of benzene rings is 1. The molecule has 116 valence electrons. The van der Waals surface area contributed by atoms with Crippen molar-refractivity contribution in [1.29, 1.82) is 0 Å². The van der Waals surface area contributed by atoms with Crippen molar-refractivity contribution in [1.82, 2.24) is 25.2 Å². The molecular formula is C14H11N5O4. The van der Waals surface area contributed by atoms with Crippen molar-refractivity contribution in [3.63, 3.8) is 0 Å². The number of para-hydroxylation sites is 1. The lowest BCUT2D eigenvalue weighted by Crippen LogP contribution is -2.27. The van der Waals surface area contributed by atoms with Crippen molar-refractivity contribution in [2.45, 2.75) is 6.92 Å². The predicted octanol–water partition coefficient (Wildman–Crippen LogP) is 0.208. The second kappa shape index (κ2) is 5.44. The molecule has 2 aromatic heterocycles. The van der Waals surface area contributed by atoms with E-state index < -0.39 is 17.3 Å². The van der Waals surface area contributed by atoms with Crippen molar-refractivity contribution in [2.24, 2.45) is 7.05 Å². The predicted molar refractivity (Wildman–Crippen MR) is 78.1 cm³/mol. The third-order valence-electron chi connectivity index (χ3n) is 3.29. The van der Waals surface area contributed by atoms with Gasteiger partial charge in [0.05, 0.1) is 5.52 Å². The Bertz CT molecular complexity index is 975. The normalized spacial score (nSPS) is 10.7. The van der Waals surface area contributed by atoms with E-state index in [1.165, 1.54) is 18.5 Å². The Labute approximate surface area is 128 Å². The highest BCUT2D eigenvalue weighted by Crippen LogP contribution is 2.28. The quantitative estimate of drug-likeness (QED) is 0.542. The molecule has 0 saturated carbocycles. The van der Waals surface area contributed by atoms with Gasteiger partial charge >= 0.3 is 5.97 Å². The van der Waals surface area contributed by atoms with Gasteiger partial charge in [-0.3, -0.25) is 14.4 Å². The van der Waals surface area contributed by atoms with Crippen molar-refractivity contribution >= 4 is 22.7 Å². The molecule has 0 saturated heterocycles. The van der Waals surface area contributed by atoms with Gasteiger partial charge in [0, 0.05) is 19.4 Å². The molecule has 1 aromatic carbocycles. The number of rotatable bonds is 3. The second-order valence-corrected chi connectivity index (χ2v) is 4.76. The highest BCUT2D eigenvalue weighted by atomic mass is 16.5. The third kappa shape index (κ3) is 2.37. The van der Waals surface area contributed by atoms with Gasteiger partial charge in [-0.15, -0.1) is 5.10 Å². The maximum Gasteiger partial charge on any atom is 0.308 e. The van der Waals surface area contributed by atoms with Crippen LogP contribution in [0.2, 0.25) is 0 Å². The first-order valence-corrected chi connectivity index (χ1v) is 6.59. The molecule has 9 heteroatoms. The molecular weight excluding hydrogens is 302 g/mol. The van der Waals surface area contributed by atoms with Crippen LogP contribution >= 0.6 is 0 Å². The fourth-order valence-corrected chi connectivity index (χ4v) is 2.29. The van der Waals surface area contributed by atoms with Crippen LogP contribution in [0.3, 0.4) is 0 Å². The molecule has 3 aromatic rings. The van der Waals surface area contributed by atoms with Crippen LogP contribution in [0, 0.1) is 0 Å². The molecule has 0 unspecified atom stereocenters. The number of esters is 1. The van der Waals surface area contributed by atoms with E-state index in [2.05, 4.69) is 20.6 Å². The first-order chi connectivity index (χ1) is 11.0. The molecule has 0 aliphatic heterocycles. The largest absolute Gasteiger partial charge is 0.425 e. The first kappa shape index (κ1) is 14.6. The number of ketones is 1. The number of H-pyrrole nitrogens is 1. The van der Waals surface area contributed by atoms with Gasteiger partial charge in [-0.2, -0.15) is 0 Å². The van der Waals surface area contributed by atoms with Crippen LogP contribution < -0.4 is 10.3 Å². The standard InChI is InChI=1S/C14H11N5O4/c1-7(20)23-12-8-5-3-4-6-9(8)19(2)14(22)10(12)11(21)13-15-17-18-16-13/h3-6H,1-2H3,(H,15,16,17,18). The third-order valence-corrected chi connectivity index (χ3v) is 3.29. The molecule has 0 fully saturated rings. The molecule has 0 aliphatic rings. The number of hydrogen-bond donors (Lipinski definition) is 1. The number of hydrogen-bond acceptors (Lipinski definition) is 7. The molecule has 0 amide bonds. The maximum absolute atomic E-state index is 12.6. The zero-order chi connectivity index (χ0) is 16.6. The molecule has 0 spiro atoms. The lowest BCUT2D eigenvalue weighted by atomic mass is 10.1. The summed E-state index contributed by atoms with van der Waals surface area (Å²) in [6.45, 7) is 1.19. The van der Waals surface area contributed by atoms with Gasteiger partial charge in [-0.1, -0.05) is 12.1 Å². The Balaban J connectivity index is 2.39. The fourth-order valence-electron chi connectivity index (χ4n) is 2.29. The van der Waals surface area contributed by atoms with Crippen LogP contribution in [-0.4, -0.2) is 36.9 Å². The van der Waals surface area contributed by atoms with Crippen LogP contribution in [0.5, 0.6) is 5.75 Å². The van der Waals surface area contributed by atoms with E-state index in [0.717, 1.165) is 0 Å². The summed E-state index contributed by atoms with van der Waals surface area (Å²) in [5, 5.41) is 12.9. The summed E-state index contributed by atoms with van der Waals surface area (Å²) in [5.41, 5.74) is -0.387. The first-order valence-electron chi connectivity index (χ1n) is 6.59. The summed E-state index contributed by atoms with van der Waals surface area (Å²) >= 11 is 0. The summed E-state index contributed by atoms with van der Waals surface area (Å²) in [4.78, 5) is 36.6. The number of tetrazole rings is 1. The number of ether oxygens (including phenoxy) is 1. The molecule has 1 N–H and O–H groups in total. The van der Waals surface area contributed by atoms with Crippen molar-refractivity contribution in [3.05, 3.63) is 46.0 Å². The van der Waals surface area contributed by atoms with Crippen LogP contribution in [0.1, 0.15) is 23.1 Å². The average Bonchev–Trinajstić information content (AvgIpc) is 3.06. The molecule has 9 nitrogen and oxygen atoms in total. The van der Waals surface area contributed by atoms with Gasteiger partial charge in [0.2, 0.25) is 11.6 Å². The van der Waals surface area contributed by atoms with Gasteiger partial charge in [-0.25, -0.2) is 5.10 Å². The second-order valence-electron chi connectivity index (χ2n) is 4.76. The number of fused-ring (bicyclic) bond motifs is 1. The van der Waals surface area contributed by atoms with E-state index in [4.69, 9.17) is 4.74 Å².